The third-order valence-electron chi connectivity index (χ3n) is 4.32. The van der Waals surface area contributed by atoms with Gasteiger partial charge in [0.25, 0.3) is 0 Å². The standard InChI is InChI=1S/C20H36/c1-2-4-6-8-10-12-14-16-18-20-19-17-15-13-11-9-7-5-3-1/h1-2,13,15H,3-12,14,16-20H2/b2-1+,15-13?. The fourth-order valence-electron chi connectivity index (χ4n) is 2.93. The highest BCUT2D eigenvalue weighted by Crippen LogP contribution is 2.12. The minimum Gasteiger partial charge on any atom is -0.0885 e. The molecule has 0 aromatic carbocycles. The molecule has 0 amide bonds. The van der Waals surface area contributed by atoms with Gasteiger partial charge in [0.2, 0.25) is 0 Å². The zero-order valence-corrected chi connectivity index (χ0v) is 13.6. The first-order valence-electron chi connectivity index (χ1n) is 9.30. The van der Waals surface area contributed by atoms with Gasteiger partial charge in [0.1, 0.15) is 0 Å². The van der Waals surface area contributed by atoms with Crippen molar-refractivity contribution in [3.05, 3.63) is 24.3 Å². The molecule has 116 valence electrons. The molecule has 0 atom stereocenters. The van der Waals surface area contributed by atoms with E-state index >= 15 is 0 Å². The minimum atomic E-state index is 1.30. The molecule has 0 unspecified atom stereocenters. The van der Waals surface area contributed by atoms with E-state index in [1.165, 1.54) is 103 Å². The van der Waals surface area contributed by atoms with Crippen LogP contribution in [0.4, 0.5) is 0 Å². The summed E-state index contributed by atoms with van der Waals surface area (Å²) in [5.41, 5.74) is 0. The molecule has 1 rings (SSSR count). The van der Waals surface area contributed by atoms with Gasteiger partial charge in [-0.1, -0.05) is 75.7 Å². The summed E-state index contributed by atoms with van der Waals surface area (Å²) in [6.45, 7) is 0. The third kappa shape index (κ3) is 12.5. The molecular weight excluding hydrogens is 240 g/mol. The van der Waals surface area contributed by atoms with Gasteiger partial charge in [0.15, 0.2) is 0 Å². The molecule has 0 heterocycles. The lowest BCUT2D eigenvalue weighted by atomic mass is 10.0. The van der Waals surface area contributed by atoms with Gasteiger partial charge in [-0.25, -0.2) is 0 Å². The zero-order chi connectivity index (χ0) is 14.1. The first kappa shape index (κ1) is 17.5. The van der Waals surface area contributed by atoms with Gasteiger partial charge in [-0.05, 0) is 51.4 Å². The van der Waals surface area contributed by atoms with Gasteiger partial charge in [-0.2, -0.15) is 0 Å². The van der Waals surface area contributed by atoms with E-state index in [2.05, 4.69) is 24.3 Å². The number of allylic oxidation sites excluding steroid dienone is 4. The predicted molar refractivity (Wildman–Crippen MR) is 92.2 cm³/mol. The fourth-order valence-corrected chi connectivity index (χ4v) is 2.93. The summed E-state index contributed by atoms with van der Waals surface area (Å²) in [5, 5.41) is 0. The van der Waals surface area contributed by atoms with Crippen molar-refractivity contribution in [1.82, 2.24) is 0 Å². The summed E-state index contributed by atoms with van der Waals surface area (Å²) in [7, 11) is 0. The van der Waals surface area contributed by atoms with Crippen LogP contribution in [0.15, 0.2) is 24.3 Å². The van der Waals surface area contributed by atoms with E-state index in [4.69, 9.17) is 0 Å². The van der Waals surface area contributed by atoms with Gasteiger partial charge < -0.3 is 0 Å². The molecular formula is C20H36. The smallest absolute Gasteiger partial charge is 0.0351 e. The lowest BCUT2D eigenvalue weighted by molar-refractivity contribution is 0.561. The van der Waals surface area contributed by atoms with Gasteiger partial charge >= 0.3 is 0 Å². The van der Waals surface area contributed by atoms with Crippen molar-refractivity contribution in [1.29, 1.82) is 0 Å². The van der Waals surface area contributed by atoms with E-state index in [1.54, 1.807) is 0 Å². The summed E-state index contributed by atoms with van der Waals surface area (Å²) in [4.78, 5) is 0. The third-order valence-corrected chi connectivity index (χ3v) is 4.32. The van der Waals surface area contributed by atoms with Crippen LogP contribution in [-0.4, -0.2) is 0 Å². The van der Waals surface area contributed by atoms with E-state index in [9.17, 15) is 0 Å². The monoisotopic (exact) mass is 276 g/mol. The fraction of sp³-hybridized carbons (Fsp3) is 0.800. The van der Waals surface area contributed by atoms with Crippen LogP contribution in [0.2, 0.25) is 0 Å². The van der Waals surface area contributed by atoms with E-state index in [0.29, 0.717) is 0 Å². The molecule has 1 aliphatic carbocycles. The Hall–Kier alpha value is -0.520. The highest BCUT2D eigenvalue weighted by Gasteiger charge is 1.93. The van der Waals surface area contributed by atoms with Crippen LogP contribution in [0.3, 0.4) is 0 Å². The molecule has 0 saturated carbocycles. The Labute approximate surface area is 127 Å². The van der Waals surface area contributed by atoms with Crippen LogP contribution < -0.4 is 0 Å². The van der Waals surface area contributed by atoms with Gasteiger partial charge in [-0.15, -0.1) is 0 Å². The van der Waals surface area contributed by atoms with Gasteiger partial charge in [-0.3, -0.25) is 0 Å². The quantitative estimate of drug-likeness (QED) is 0.405. The zero-order valence-electron chi connectivity index (χ0n) is 13.6. The summed E-state index contributed by atoms with van der Waals surface area (Å²) in [5.74, 6) is 0. The average Bonchev–Trinajstić information content (AvgIpc) is 2.46. The minimum absolute atomic E-state index is 1.30. The Bertz CT molecular complexity index is 212. The molecule has 0 heteroatoms. The summed E-state index contributed by atoms with van der Waals surface area (Å²) >= 11 is 0. The molecule has 0 fully saturated rings. The van der Waals surface area contributed by atoms with Crippen molar-refractivity contribution in [2.45, 2.75) is 103 Å². The van der Waals surface area contributed by atoms with Gasteiger partial charge in [0, 0.05) is 0 Å². The lowest BCUT2D eigenvalue weighted by Gasteiger charge is -2.02. The molecule has 0 radical (unpaired) electrons. The first-order chi connectivity index (χ1) is 10.0. The van der Waals surface area contributed by atoms with Crippen molar-refractivity contribution in [2.24, 2.45) is 0 Å². The Balaban J connectivity index is 2.11. The summed E-state index contributed by atoms with van der Waals surface area (Å²) in [6, 6.07) is 0. The van der Waals surface area contributed by atoms with Crippen molar-refractivity contribution < 1.29 is 0 Å². The summed E-state index contributed by atoms with van der Waals surface area (Å²) in [6.07, 6.45) is 32.0. The SMILES string of the molecule is C1=CCCCCCCCCCCC/C=C/CCCCC1. The molecule has 0 saturated heterocycles. The van der Waals surface area contributed by atoms with E-state index in [-0.39, 0.29) is 0 Å². The highest BCUT2D eigenvalue weighted by molar-refractivity contribution is 4.83. The molecule has 0 aliphatic heterocycles. The topological polar surface area (TPSA) is 0 Å². The number of hydrogen-bond donors (Lipinski definition) is 0. The highest BCUT2D eigenvalue weighted by atomic mass is 14.0. The van der Waals surface area contributed by atoms with Crippen LogP contribution >= 0.6 is 0 Å². The maximum absolute atomic E-state index is 2.41. The summed E-state index contributed by atoms with van der Waals surface area (Å²) < 4.78 is 0. The lowest BCUT2D eigenvalue weighted by Crippen LogP contribution is -1.82. The van der Waals surface area contributed by atoms with Gasteiger partial charge in [0.05, 0.1) is 0 Å². The Morgan fingerprint density at radius 3 is 0.750 bits per heavy atom. The molecule has 0 aromatic heterocycles. The average molecular weight is 277 g/mol. The Morgan fingerprint density at radius 1 is 0.250 bits per heavy atom. The second kappa shape index (κ2) is 14.9. The van der Waals surface area contributed by atoms with Crippen LogP contribution in [0.25, 0.3) is 0 Å². The second-order valence-electron chi connectivity index (χ2n) is 6.34. The molecule has 0 nitrogen and oxygen atoms in total. The molecule has 0 aromatic rings. The molecule has 0 N–H and O–H groups in total. The van der Waals surface area contributed by atoms with Crippen molar-refractivity contribution in [2.75, 3.05) is 0 Å². The van der Waals surface area contributed by atoms with Crippen LogP contribution in [0.5, 0.6) is 0 Å². The second-order valence-corrected chi connectivity index (χ2v) is 6.34. The molecule has 0 bridgehead atoms. The largest absolute Gasteiger partial charge is 0.0885 e. The first-order valence-corrected chi connectivity index (χ1v) is 9.30. The normalized spacial score (nSPS) is 24.0. The maximum atomic E-state index is 2.41. The predicted octanol–water partition coefficient (Wildman–Crippen LogP) is 7.35. The molecule has 20 heavy (non-hydrogen) atoms. The van der Waals surface area contributed by atoms with E-state index in [1.807, 2.05) is 0 Å². The van der Waals surface area contributed by atoms with Crippen LogP contribution in [-0.2, 0) is 0 Å². The number of rotatable bonds is 0. The van der Waals surface area contributed by atoms with E-state index in [0.717, 1.165) is 0 Å². The molecule has 0 spiro atoms. The Kier molecular flexibility index (Phi) is 13.0. The van der Waals surface area contributed by atoms with E-state index < -0.39 is 0 Å². The molecule has 1 aliphatic rings. The Morgan fingerprint density at radius 2 is 0.450 bits per heavy atom. The van der Waals surface area contributed by atoms with Crippen molar-refractivity contribution in [3.63, 3.8) is 0 Å². The van der Waals surface area contributed by atoms with Crippen LogP contribution in [0, 0.1) is 0 Å². The maximum Gasteiger partial charge on any atom is -0.0351 e. The van der Waals surface area contributed by atoms with Crippen molar-refractivity contribution in [3.8, 4) is 0 Å². The van der Waals surface area contributed by atoms with Crippen LogP contribution in [0.1, 0.15) is 103 Å². The van der Waals surface area contributed by atoms with Crippen molar-refractivity contribution >= 4 is 0 Å². The number of hydrogen-bond acceptors (Lipinski definition) is 0.